The molecule has 3 aromatic rings. The Morgan fingerprint density at radius 2 is 1.81 bits per heavy atom. The maximum atomic E-state index is 5.72. The van der Waals surface area contributed by atoms with Crippen molar-refractivity contribution in [3.05, 3.63) is 58.8 Å². The first kappa shape index (κ1) is 17.9. The number of H-pyrrole nitrogens is 1. The molecule has 1 aromatic heterocycles. The summed E-state index contributed by atoms with van der Waals surface area (Å²) in [7, 11) is 3.46. The Labute approximate surface area is 160 Å². The van der Waals surface area contributed by atoms with E-state index in [1.54, 1.807) is 14.2 Å². The van der Waals surface area contributed by atoms with Crippen molar-refractivity contribution < 1.29 is 9.47 Å². The summed E-state index contributed by atoms with van der Waals surface area (Å²) < 4.78 is 11.2. The van der Waals surface area contributed by atoms with Gasteiger partial charge >= 0.3 is 0 Å². The van der Waals surface area contributed by atoms with Crippen molar-refractivity contribution >= 4 is 10.9 Å². The number of aromatic amines is 1. The highest BCUT2D eigenvalue weighted by Gasteiger charge is 2.28. The van der Waals surface area contributed by atoms with E-state index in [2.05, 4.69) is 61.4 Å². The number of hydrogen-bond donors (Lipinski definition) is 2. The zero-order chi connectivity index (χ0) is 19.2. The minimum atomic E-state index is 0.0874. The van der Waals surface area contributed by atoms with Gasteiger partial charge in [-0.05, 0) is 53.3 Å². The lowest BCUT2D eigenvalue weighted by atomic mass is 9.84. The van der Waals surface area contributed by atoms with Gasteiger partial charge in [-0.15, -0.1) is 0 Å². The zero-order valence-electron chi connectivity index (χ0n) is 16.8. The van der Waals surface area contributed by atoms with Crippen molar-refractivity contribution in [2.24, 2.45) is 0 Å². The molecule has 1 aliphatic rings. The standard InChI is InChI=1S/C23H28N2O2/c1-23(2,3)14-6-9-20(27-5)18(12-14)21-22-16(10-11-24-21)17-13-15(26-4)7-8-19(17)25-22/h6-9,12-13,21,24-25H,10-11H2,1-5H3. The van der Waals surface area contributed by atoms with Crippen LogP contribution in [0.25, 0.3) is 10.9 Å². The summed E-state index contributed by atoms with van der Waals surface area (Å²) in [6.07, 6.45) is 1.00. The van der Waals surface area contributed by atoms with Crippen LogP contribution < -0.4 is 14.8 Å². The van der Waals surface area contributed by atoms with Crippen molar-refractivity contribution in [1.29, 1.82) is 0 Å². The third-order valence-electron chi connectivity index (χ3n) is 5.57. The van der Waals surface area contributed by atoms with E-state index < -0.39 is 0 Å². The van der Waals surface area contributed by atoms with Gasteiger partial charge in [0.2, 0.25) is 0 Å². The van der Waals surface area contributed by atoms with Gasteiger partial charge in [-0.1, -0.05) is 26.8 Å². The smallest absolute Gasteiger partial charge is 0.124 e. The van der Waals surface area contributed by atoms with E-state index in [0.29, 0.717) is 0 Å². The van der Waals surface area contributed by atoms with E-state index >= 15 is 0 Å². The first-order chi connectivity index (χ1) is 12.9. The summed E-state index contributed by atoms with van der Waals surface area (Å²) >= 11 is 0. The predicted molar refractivity (Wildman–Crippen MR) is 110 cm³/mol. The van der Waals surface area contributed by atoms with E-state index in [1.165, 1.54) is 27.8 Å². The second kappa shape index (κ2) is 6.61. The largest absolute Gasteiger partial charge is 0.497 e. The lowest BCUT2D eigenvalue weighted by Crippen LogP contribution is -2.31. The van der Waals surface area contributed by atoms with E-state index in [1.807, 2.05) is 6.07 Å². The maximum absolute atomic E-state index is 5.72. The molecule has 2 heterocycles. The van der Waals surface area contributed by atoms with Crippen molar-refractivity contribution in [2.75, 3.05) is 20.8 Å². The van der Waals surface area contributed by atoms with Crippen molar-refractivity contribution in [3.8, 4) is 11.5 Å². The Kier molecular flexibility index (Phi) is 4.39. The van der Waals surface area contributed by atoms with Crippen molar-refractivity contribution in [1.82, 2.24) is 10.3 Å². The molecule has 1 aliphatic heterocycles. The second-order valence-electron chi connectivity index (χ2n) is 8.27. The minimum Gasteiger partial charge on any atom is -0.497 e. The Morgan fingerprint density at radius 3 is 2.52 bits per heavy atom. The van der Waals surface area contributed by atoms with Gasteiger partial charge in [-0.2, -0.15) is 0 Å². The van der Waals surface area contributed by atoms with Gasteiger partial charge in [0, 0.05) is 28.7 Å². The van der Waals surface area contributed by atoms with Crippen LogP contribution in [-0.2, 0) is 11.8 Å². The second-order valence-corrected chi connectivity index (χ2v) is 8.27. The Balaban J connectivity index is 1.88. The van der Waals surface area contributed by atoms with Crippen LogP contribution in [0.4, 0.5) is 0 Å². The van der Waals surface area contributed by atoms with Gasteiger partial charge in [-0.25, -0.2) is 0 Å². The number of nitrogens with one attached hydrogen (secondary N) is 2. The molecule has 0 spiro atoms. The third-order valence-corrected chi connectivity index (χ3v) is 5.57. The monoisotopic (exact) mass is 364 g/mol. The summed E-state index contributed by atoms with van der Waals surface area (Å²) in [5.41, 5.74) is 6.34. The molecule has 0 saturated carbocycles. The number of ether oxygens (including phenoxy) is 2. The fourth-order valence-electron chi connectivity index (χ4n) is 4.03. The molecule has 0 saturated heterocycles. The fourth-order valence-corrected chi connectivity index (χ4v) is 4.03. The molecule has 4 rings (SSSR count). The Bertz CT molecular complexity index is 982. The number of hydrogen-bond acceptors (Lipinski definition) is 3. The van der Waals surface area contributed by atoms with E-state index in [9.17, 15) is 0 Å². The Morgan fingerprint density at radius 1 is 1.00 bits per heavy atom. The topological polar surface area (TPSA) is 46.3 Å². The molecule has 2 aromatic carbocycles. The molecule has 142 valence electrons. The quantitative estimate of drug-likeness (QED) is 0.707. The van der Waals surface area contributed by atoms with E-state index in [-0.39, 0.29) is 11.5 Å². The molecule has 0 radical (unpaired) electrons. The maximum Gasteiger partial charge on any atom is 0.124 e. The van der Waals surface area contributed by atoms with Crippen LogP contribution in [0.5, 0.6) is 11.5 Å². The molecular formula is C23H28N2O2. The molecule has 4 nitrogen and oxygen atoms in total. The van der Waals surface area contributed by atoms with Crippen molar-refractivity contribution in [3.63, 3.8) is 0 Å². The van der Waals surface area contributed by atoms with Crippen LogP contribution in [0.1, 0.15) is 49.2 Å². The van der Waals surface area contributed by atoms with Gasteiger partial charge in [0.1, 0.15) is 11.5 Å². The summed E-state index contributed by atoms with van der Waals surface area (Å²) in [6, 6.07) is 12.9. The van der Waals surface area contributed by atoms with E-state index in [4.69, 9.17) is 9.47 Å². The average Bonchev–Trinajstić information content (AvgIpc) is 3.04. The summed E-state index contributed by atoms with van der Waals surface area (Å²) in [6.45, 7) is 7.67. The summed E-state index contributed by atoms with van der Waals surface area (Å²) in [5.74, 6) is 1.82. The first-order valence-electron chi connectivity index (χ1n) is 9.52. The van der Waals surface area contributed by atoms with Gasteiger partial charge < -0.3 is 19.8 Å². The lowest BCUT2D eigenvalue weighted by molar-refractivity contribution is 0.401. The number of fused-ring (bicyclic) bond motifs is 3. The third kappa shape index (κ3) is 3.08. The van der Waals surface area contributed by atoms with Crippen LogP contribution in [0.15, 0.2) is 36.4 Å². The highest BCUT2D eigenvalue weighted by atomic mass is 16.5. The number of benzene rings is 2. The molecule has 1 unspecified atom stereocenters. The molecule has 0 aliphatic carbocycles. The molecule has 4 heteroatoms. The zero-order valence-corrected chi connectivity index (χ0v) is 16.8. The number of aromatic nitrogens is 1. The molecule has 0 fully saturated rings. The average molecular weight is 364 g/mol. The van der Waals surface area contributed by atoms with Crippen LogP contribution in [0.2, 0.25) is 0 Å². The predicted octanol–water partition coefficient (Wildman–Crippen LogP) is 4.72. The minimum absolute atomic E-state index is 0.0874. The molecule has 1 atom stereocenters. The van der Waals surface area contributed by atoms with Gasteiger partial charge in [0.05, 0.1) is 20.3 Å². The highest BCUT2D eigenvalue weighted by Crippen LogP contribution is 2.39. The van der Waals surface area contributed by atoms with Crippen LogP contribution in [0, 0.1) is 0 Å². The number of rotatable bonds is 3. The molecule has 0 bridgehead atoms. The lowest BCUT2D eigenvalue weighted by Gasteiger charge is -2.28. The molecular weight excluding hydrogens is 336 g/mol. The highest BCUT2D eigenvalue weighted by molar-refractivity contribution is 5.86. The molecule has 0 amide bonds. The van der Waals surface area contributed by atoms with Crippen molar-refractivity contribution in [2.45, 2.75) is 38.6 Å². The SMILES string of the molecule is COc1ccc2[nH]c3c(c2c1)CCNC3c1cc(C(C)(C)C)ccc1OC. The first-order valence-corrected chi connectivity index (χ1v) is 9.52. The van der Waals surface area contributed by atoms with E-state index in [0.717, 1.165) is 30.0 Å². The molecule has 2 N–H and O–H groups in total. The number of methoxy groups -OCH3 is 2. The fraction of sp³-hybridized carbons (Fsp3) is 0.391. The van der Waals surface area contributed by atoms with Gasteiger partial charge in [0.15, 0.2) is 0 Å². The molecule has 27 heavy (non-hydrogen) atoms. The summed E-state index contributed by atoms with van der Waals surface area (Å²) in [5, 5.41) is 4.94. The van der Waals surface area contributed by atoms with Crippen LogP contribution in [-0.4, -0.2) is 25.7 Å². The summed E-state index contributed by atoms with van der Waals surface area (Å²) in [4.78, 5) is 3.65. The van der Waals surface area contributed by atoms with Crippen LogP contribution >= 0.6 is 0 Å². The normalized spacial score (nSPS) is 17.0. The van der Waals surface area contributed by atoms with Gasteiger partial charge in [0.25, 0.3) is 0 Å². The Hall–Kier alpha value is -2.46. The van der Waals surface area contributed by atoms with Crippen LogP contribution in [0.3, 0.4) is 0 Å². The van der Waals surface area contributed by atoms with Gasteiger partial charge in [-0.3, -0.25) is 0 Å².